The number of fused-ring (bicyclic) bond motifs is 7. The van der Waals surface area contributed by atoms with Crippen molar-refractivity contribution in [1.29, 1.82) is 0 Å². The maximum absolute atomic E-state index is 2.73. The lowest BCUT2D eigenvalue weighted by Gasteiger charge is -2.45. The molecule has 6 aromatic rings. The van der Waals surface area contributed by atoms with E-state index in [4.69, 9.17) is 0 Å². The van der Waals surface area contributed by atoms with Crippen molar-refractivity contribution < 1.29 is 0 Å². The fraction of sp³-hybridized carbons (Fsp3) is 0.448. The summed E-state index contributed by atoms with van der Waals surface area (Å²) in [5.74, 6) is 4.10. The van der Waals surface area contributed by atoms with Crippen LogP contribution in [0.5, 0.6) is 0 Å². The summed E-state index contributed by atoms with van der Waals surface area (Å²) >= 11 is 2.03. The molecule has 5 aliphatic rings. The van der Waals surface area contributed by atoms with Crippen molar-refractivity contribution >= 4 is 78.0 Å². The zero-order chi connectivity index (χ0) is 43.4. The van der Waals surface area contributed by atoms with Crippen LogP contribution in [-0.4, -0.2) is 6.71 Å². The zero-order valence-corrected chi connectivity index (χ0v) is 40.4. The molecular formula is C58H67BN2S. The van der Waals surface area contributed by atoms with Crippen molar-refractivity contribution in [2.45, 2.75) is 143 Å². The highest BCUT2D eigenvalue weighted by atomic mass is 32.1. The van der Waals surface area contributed by atoms with Crippen LogP contribution >= 0.6 is 11.3 Å². The number of thiophene rings is 1. The van der Waals surface area contributed by atoms with E-state index in [1.165, 1.54) is 114 Å². The molecule has 2 bridgehead atoms. The number of hydrogen-bond acceptors (Lipinski definition) is 3. The van der Waals surface area contributed by atoms with Crippen LogP contribution in [0.15, 0.2) is 97.1 Å². The first-order valence-corrected chi connectivity index (χ1v) is 24.8. The van der Waals surface area contributed by atoms with Gasteiger partial charge in [0, 0.05) is 43.3 Å². The van der Waals surface area contributed by atoms with Crippen LogP contribution in [0.2, 0.25) is 0 Å². The van der Waals surface area contributed by atoms with Crippen molar-refractivity contribution in [2.75, 3.05) is 9.80 Å². The first kappa shape index (κ1) is 40.5. The molecule has 5 unspecified atom stereocenters. The lowest BCUT2D eigenvalue weighted by molar-refractivity contribution is 0.223. The van der Waals surface area contributed by atoms with Crippen LogP contribution in [0.3, 0.4) is 0 Å². The van der Waals surface area contributed by atoms with Crippen molar-refractivity contribution in [3.05, 3.63) is 125 Å². The lowest BCUT2D eigenvalue weighted by Crippen LogP contribution is -2.60. The van der Waals surface area contributed by atoms with Gasteiger partial charge in [-0.3, -0.25) is 0 Å². The standard InChI is InChI=1S/C58H67BN2S/c1-55(2,3)37-14-20-41(21-15-37)60-48-33-40(58(10,11)12)18-25-47(48)59-52-49(60)30-36(45-29-34-27-35-13-24-43(45)44(35)28-34)31-50(52)61(42-22-16-38(17-23-42)56(4,5)6)53-46-32-39(57(7,8)9)19-26-51(46)62-54(53)59/h14-23,25-26,30-35,43-45H,13,24,27-29H2,1-12H3. The number of benzene rings is 5. The highest BCUT2D eigenvalue weighted by molar-refractivity contribution is 7.33. The average molecular weight is 835 g/mol. The van der Waals surface area contributed by atoms with Gasteiger partial charge in [0.05, 0.1) is 5.69 Å². The van der Waals surface area contributed by atoms with E-state index in [0.717, 1.165) is 23.7 Å². The number of rotatable bonds is 3. The Balaban J connectivity index is 1.24. The van der Waals surface area contributed by atoms with Gasteiger partial charge in [-0.1, -0.05) is 126 Å². The van der Waals surface area contributed by atoms with Crippen LogP contribution in [0.1, 0.15) is 149 Å². The van der Waals surface area contributed by atoms with Gasteiger partial charge in [-0.2, -0.15) is 0 Å². The summed E-state index contributed by atoms with van der Waals surface area (Å²) in [4.78, 5) is 5.43. The Morgan fingerprint density at radius 2 is 1.06 bits per heavy atom. The van der Waals surface area contributed by atoms with E-state index >= 15 is 0 Å². The third kappa shape index (κ3) is 6.30. The number of nitrogens with zero attached hydrogens (tertiary/aromatic N) is 2. The quantitative estimate of drug-likeness (QED) is 0.164. The van der Waals surface area contributed by atoms with Gasteiger partial charge >= 0.3 is 0 Å². The molecule has 318 valence electrons. The molecule has 5 aromatic carbocycles. The van der Waals surface area contributed by atoms with E-state index in [2.05, 4.69) is 190 Å². The molecule has 2 nitrogen and oxygen atoms in total. The summed E-state index contributed by atoms with van der Waals surface area (Å²) in [5.41, 5.74) is 18.2. The maximum Gasteiger partial charge on any atom is 0.264 e. The van der Waals surface area contributed by atoms with E-state index in [9.17, 15) is 0 Å². The van der Waals surface area contributed by atoms with Crippen molar-refractivity contribution in [1.82, 2.24) is 0 Å². The molecule has 0 radical (unpaired) electrons. The van der Waals surface area contributed by atoms with Gasteiger partial charge in [-0.15, -0.1) is 11.3 Å². The minimum atomic E-state index is 0.0131. The smallest absolute Gasteiger partial charge is 0.264 e. The molecule has 0 N–H and O–H groups in total. The van der Waals surface area contributed by atoms with E-state index < -0.39 is 0 Å². The Bertz CT molecular complexity index is 2740. The lowest BCUT2D eigenvalue weighted by atomic mass is 9.36. The van der Waals surface area contributed by atoms with Gasteiger partial charge in [0.15, 0.2) is 0 Å². The molecule has 3 aliphatic carbocycles. The predicted octanol–water partition coefficient (Wildman–Crippen LogP) is 14.7. The highest BCUT2D eigenvalue weighted by Crippen LogP contribution is 2.62. The molecular weight excluding hydrogens is 768 g/mol. The van der Waals surface area contributed by atoms with Gasteiger partial charge in [0.2, 0.25) is 0 Å². The first-order chi connectivity index (χ1) is 29.2. The van der Waals surface area contributed by atoms with Crippen LogP contribution in [-0.2, 0) is 21.7 Å². The Morgan fingerprint density at radius 3 is 1.68 bits per heavy atom. The second-order valence-corrected chi connectivity index (χ2v) is 25.4. The van der Waals surface area contributed by atoms with E-state index in [-0.39, 0.29) is 28.4 Å². The monoisotopic (exact) mass is 835 g/mol. The van der Waals surface area contributed by atoms with Crippen molar-refractivity contribution in [3.63, 3.8) is 0 Å². The van der Waals surface area contributed by atoms with Gasteiger partial charge in [-0.05, 0) is 177 Å². The Morgan fingerprint density at radius 1 is 0.516 bits per heavy atom. The van der Waals surface area contributed by atoms with E-state index in [1.807, 2.05) is 11.3 Å². The normalized spacial score (nSPS) is 22.9. The molecule has 0 spiro atoms. The summed E-state index contributed by atoms with van der Waals surface area (Å²) < 4.78 is 2.84. The molecule has 11 rings (SSSR count). The van der Waals surface area contributed by atoms with Crippen LogP contribution in [0.4, 0.5) is 34.1 Å². The summed E-state index contributed by atoms with van der Waals surface area (Å²) in [7, 11) is 0. The Labute approximate surface area is 377 Å². The number of hydrogen-bond donors (Lipinski definition) is 0. The second-order valence-electron chi connectivity index (χ2n) is 24.3. The summed E-state index contributed by atoms with van der Waals surface area (Å²) in [5, 5.41) is 1.39. The Hall–Kier alpha value is -4.28. The van der Waals surface area contributed by atoms with Crippen LogP contribution in [0, 0.1) is 23.7 Å². The topological polar surface area (TPSA) is 6.48 Å². The molecule has 5 atom stereocenters. The number of anilines is 6. The molecule has 62 heavy (non-hydrogen) atoms. The fourth-order valence-corrected chi connectivity index (χ4v) is 14.1. The molecule has 3 saturated carbocycles. The van der Waals surface area contributed by atoms with Gasteiger partial charge in [0.1, 0.15) is 0 Å². The molecule has 3 fully saturated rings. The van der Waals surface area contributed by atoms with E-state index in [0.29, 0.717) is 5.92 Å². The average Bonchev–Trinajstić information content (AvgIpc) is 3.89. The van der Waals surface area contributed by atoms with Crippen molar-refractivity contribution in [2.24, 2.45) is 23.7 Å². The minimum Gasteiger partial charge on any atom is -0.311 e. The molecule has 0 amide bonds. The molecule has 1 aromatic heterocycles. The largest absolute Gasteiger partial charge is 0.311 e. The van der Waals surface area contributed by atoms with Gasteiger partial charge < -0.3 is 9.80 Å². The summed E-state index contributed by atoms with van der Waals surface area (Å²) in [6.07, 6.45) is 7.09. The van der Waals surface area contributed by atoms with Gasteiger partial charge in [0.25, 0.3) is 6.71 Å². The Kier molecular flexibility index (Phi) is 8.90. The first-order valence-electron chi connectivity index (χ1n) is 23.9. The fourth-order valence-electron chi connectivity index (χ4n) is 12.8. The zero-order valence-electron chi connectivity index (χ0n) is 39.5. The molecule has 0 saturated heterocycles. The minimum absolute atomic E-state index is 0.0131. The molecule has 3 heterocycles. The SMILES string of the molecule is CC(C)(C)c1ccc(N2c3cc(C(C)(C)C)ccc3B3c4sc5ccc(C(C)(C)C)cc5c4N(c4ccc(C(C)(C)C)cc4)c4cc(C5CC6CC7CCC5C7C6)cc2c43)cc1. The molecule has 2 aliphatic heterocycles. The van der Waals surface area contributed by atoms with E-state index in [1.54, 1.807) is 5.56 Å². The highest BCUT2D eigenvalue weighted by Gasteiger charge is 2.52. The summed E-state index contributed by atoms with van der Waals surface area (Å²) in [6.45, 7) is 28.3. The summed E-state index contributed by atoms with van der Waals surface area (Å²) in [6, 6.07) is 39.6. The van der Waals surface area contributed by atoms with Crippen molar-refractivity contribution in [3.8, 4) is 0 Å². The van der Waals surface area contributed by atoms with Crippen LogP contribution in [0.25, 0.3) is 10.1 Å². The molecule has 4 heteroatoms. The third-order valence-electron chi connectivity index (χ3n) is 16.2. The van der Waals surface area contributed by atoms with Gasteiger partial charge in [-0.25, -0.2) is 0 Å². The van der Waals surface area contributed by atoms with Crippen LogP contribution < -0.4 is 25.5 Å². The predicted molar refractivity (Wildman–Crippen MR) is 270 cm³/mol. The second kappa shape index (κ2) is 13.6. The maximum atomic E-state index is 2.73. The third-order valence-corrected chi connectivity index (χ3v) is 17.4.